The minimum absolute atomic E-state index is 0.0668. The van der Waals surface area contributed by atoms with Gasteiger partial charge in [0.25, 0.3) is 0 Å². The quantitative estimate of drug-likeness (QED) is 0.485. The highest BCUT2D eigenvalue weighted by Gasteiger charge is 2.28. The van der Waals surface area contributed by atoms with Crippen molar-refractivity contribution >= 4 is 17.9 Å². The number of fused-ring (bicyclic) bond motifs is 1. The fourth-order valence-corrected chi connectivity index (χ4v) is 1.86. The summed E-state index contributed by atoms with van der Waals surface area (Å²) in [6.07, 6.45) is 7.05. The zero-order chi connectivity index (χ0) is 15.0. The third kappa shape index (κ3) is 2.24. The van der Waals surface area contributed by atoms with Crippen molar-refractivity contribution in [3.8, 4) is 5.75 Å². The molecular weight excluding hydrogens is 279 g/mol. The third-order valence-electron chi connectivity index (χ3n) is 2.94. The van der Waals surface area contributed by atoms with E-state index in [1.54, 1.807) is 12.3 Å². The predicted molar refractivity (Wildman–Crippen MR) is 72.4 cm³/mol. The van der Waals surface area contributed by atoms with Gasteiger partial charge in [-0.05, 0) is 13.0 Å². The van der Waals surface area contributed by atoms with E-state index >= 15 is 0 Å². The van der Waals surface area contributed by atoms with Gasteiger partial charge in [-0.1, -0.05) is 0 Å². The van der Waals surface area contributed by atoms with Gasteiger partial charge in [-0.25, -0.2) is 4.39 Å². The first-order valence-electron chi connectivity index (χ1n) is 5.90. The average Bonchev–Trinajstić information content (AvgIpc) is 2.91. The topological polar surface area (TPSA) is 80.3 Å². The van der Waals surface area contributed by atoms with Gasteiger partial charge in [-0.3, -0.25) is 10.1 Å². The maximum atomic E-state index is 13.6. The van der Waals surface area contributed by atoms with E-state index in [0.717, 1.165) is 12.1 Å². The first-order chi connectivity index (χ1) is 10.1. The number of rotatable bonds is 3. The van der Waals surface area contributed by atoms with Crippen LogP contribution < -0.4 is 4.74 Å². The highest BCUT2D eigenvalue weighted by molar-refractivity contribution is 6.02. The molecule has 0 saturated heterocycles. The summed E-state index contributed by atoms with van der Waals surface area (Å²) in [6, 6.07) is 2.11. The Balaban J connectivity index is 1.97. The van der Waals surface area contributed by atoms with Crippen molar-refractivity contribution < 1.29 is 14.1 Å². The number of aliphatic imine (C=N–C) groups is 1. The summed E-state index contributed by atoms with van der Waals surface area (Å²) in [5.41, 5.74) is -0.237. The second kappa shape index (κ2) is 4.77. The number of hydrogen-bond acceptors (Lipinski definition) is 6. The Morgan fingerprint density at radius 1 is 1.48 bits per heavy atom. The van der Waals surface area contributed by atoms with Crippen LogP contribution in [0.1, 0.15) is 5.56 Å². The van der Waals surface area contributed by atoms with Crippen LogP contribution in [0.5, 0.6) is 5.75 Å². The minimum atomic E-state index is -0.620. The summed E-state index contributed by atoms with van der Waals surface area (Å²) in [6.45, 7) is 1.42. The van der Waals surface area contributed by atoms with Crippen LogP contribution in [0, 0.1) is 22.9 Å². The lowest BCUT2D eigenvalue weighted by Crippen LogP contribution is -2.19. The van der Waals surface area contributed by atoms with Gasteiger partial charge >= 0.3 is 17.9 Å². The van der Waals surface area contributed by atoms with Crippen LogP contribution >= 0.6 is 0 Å². The normalized spacial score (nSPS) is 15.2. The van der Waals surface area contributed by atoms with Gasteiger partial charge in [-0.15, -0.1) is 5.01 Å². The Bertz CT molecular complexity index is 752. The molecule has 0 aromatic heterocycles. The summed E-state index contributed by atoms with van der Waals surface area (Å²) in [5.74, 6) is 0.0465. The van der Waals surface area contributed by atoms with E-state index in [0.29, 0.717) is 11.6 Å². The highest BCUT2D eigenvalue weighted by Crippen LogP contribution is 2.34. The number of halogens is 1. The van der Waals surface area contributed by atoms with Crippen LogP contribution in [0.25, 0.3) is 0 Å². The number of benzene rings is 1. The maximum Gasteiger partial charge on any atom is 0.372 e. The fourth-order valence-electron chi connectivity index (χ4n) is 1.86. The van der Waals surface area contributed by atoms with E-state index in [9.17, 15) is 14.5 Å². The van der Waals surface area contributed by atoms with Crippen molar-refractivity contribution in [3.63, 3.8) is 0 Å². The summed E-state index contributed by atoms with van der Waals surface area (Å²) in [7, 11) is 0. The Kier molecular flexibility index (Phi) is 2.93. The molecular formula is C13H8FN4O3+. The third-order valence-corrected chi connectivity index (χ3v) is 2.94. The Morgan fingerprint density at radius 3 is 3.05 bits per heavy atom. The summed E-state index contributed by atoms with van der Waals surface area (Å²) in [5, 5.41) is 16.3. The molecule has 2 heterocycles. The lowest BCUT2D eigenvalue weighted by atomic mass is 10.2. The van der Waals surface area contributed by atoms with E-state index < -0.39 is 10.7 Å². The van der Waals surface area contributed by atoms with Gasteiger partial charge in [0, 0.05) is 27.8 Å². The molecule has 0 spiro atoms. The molecule has 2 aliphatic rings. The fraction of sp³-hybridized carbons (Fsp3) is 0.0769. The molecule has 0 fully saturated rings. The van der Waals surface area contributed by atoms with Gasteiger partial charge in [0.05, 0.1) is 11.1 Å². The number of hydrogen-bond donors (Lipinski definition) is 0. The number of amidine groups is 1. The van der Waals surface area contributed by atoms with Crippen LogP contribution in [-0.4, -0.2) is 22.1 Å². The van der Waals surface area contributed by atoms with Crippen molar-refractivity contribution in [2.45, 2.75) is 6.92 Å². The molecule has 1 aromatic carbocycles. The van der Waals surface area contributed by atoms with Crippen LogP contribution in [0.15, 0.2) is 46.3 Å². The maximum absolute atomic E-state index is 13.6. The molecule has 0 atom stereocenters. The number of nitro groups is 1. The van der Waals surface area contributed by atoms with Crippen LogP contribution in [0.2, 0.25) is 0 Å². The van der Waals surface area contributed by atoms with Crippen molar-refractivity contribution in [3.05, 3.63) is 57.7 Å². The molecule has 2 aliphatic heterocycles. The highest BCUT2D eigenvalue weighted by atomic mass is 19.1. The SMILES string of the molecule is Cc1c(F)ccc([N+](=O)[O-])c1OC1=CC2=N[C+]=NN2C=C1. The Hall–Kier alpha value is -3.12. The first kappa shape index (κ1) is 12.9. The molecule has 0 N–H and O–H groups in total. The van der Waals surface area contributed by atoms with E-state index in [4.69, 9.17) is 4.74 Å². The summed E-state index contributed by atoms with van der Waals surface area (Å²) >= 11 is 0. The molecule has 1 aromatic rings. The second-order valence-electron chi connectivity index (χ2n) is 4.26. The second-order valence-corrected chi connectivity index (χ2v) is 4.26. The molecule has 8 heteroatoms. The lowest BCUT2D eigenvalue weighted by molar-refractivity contribution is -0.385. The molecule has 0 saturated carbocycles. The molecule has 21 heavy (non-hydrogen) atoms. The van der Waals surface area contributed by atoms with Crippen molar-refractivity contribution in [1.29, 1.82) is 0 Å². The number of nitro benzene ring substituents is 1. The number of ether oxygens (including phenoxy) is 1. The smallest absolute Gasteiger partial charge is 0.372 e. The standard InChI is InChI=1S/C13H8FN4O3/c1-8-10(14)2-3-11(18(19)20)13(8)21-9-4-5-17-12(6-9)15-7-16-17/h2-6H,1H3/q+1. The molecule has 0 amide bonds. The van der Waals surface area contributed by atoms with Crippen LogP contribution in [0.3, 0.4) is 0 Å². The summed E-state index contributed by atoms with van der Waals surface area (Å²) < 4.78 is 19.1. The van der Waals surface area contributed by atoms with Gasteiger partial charge in [0.2, 0.25) is 5.75 Å². The van der Waals surface area contributed by atoms with E-state index in [1.165, 1.54) is 18.0 Å². The van der Waals surface area contributed by atoms with Crippen LogP contribution in [0.4, 0.5) is 10.1 Å². The first-order valence-corrected chi connectivity index (χ1v) is 5.90. The number of allylic oxidation sites excluding steroid dienone is 1. The largest absolute Gasteiger partial charge is 0.448 e. The van der Waals surface area contributed by atoms with Crippen molar-refractivity contribution in [2.24, 2.45) is 10.1 Å². The Morgan fingerprint density at radius 2 is 2.29 bits per heavy atom. The molecule has 0 bridgehead atoms. The molecule has 0 radical (unpaired) electrons. The van der Waals surface area contributed by atoms with Gasteiger partial charge in [0.1, 0.15) is 11.9 Å². The van der Waals surface area contributed by atoms with E-state index in [-0.39, 0.29) is 17.0 Å². The monoisotopic (exact) mass is 287 g/mol. The zero-order valence-corrected chi connectivity index (χ0v) is 10.8. The van der Waals surface area contributed by atoms with Gasteiger partial charge < -0.3 is 4.74 Å². The molecule has 3 rings (SSSR count). The van der Waals surface area contributed by atoms with Gasteiger partial charge in [0.15, 0.2) is 5.76 Å². The van der Waals surface area contributed by atoms with Crippen molar-refractivity contribution in [1.82, 2.24) is 5.01 Å². The molecule has 7 nitrogen and oxygen atoms in total. The lowest BCUT2D eigenvalue weighted by Gasteiger charge is -2.12. The van der Waals surface area contributed by atoms with Gasteiger partial charge in [-0.2, -0.15) is 0 Å². The van der Waals surface area contributed by atoms with E-state index in [1.807, 2.05) is 0 Å². The minimum Gasteiger partial charge on any atom is -0.448 e. The average molecular weight is 287 g/mol. The molecule has 0 aliphatic carbocycles. The van der Waals surface area contributed by atoms with Crippen LogP contribution in [-0.2, 0) is 0 Å². The molecule has 0 unspecified atom stereocenters. The van der Waals surface area contributed by atoms with E-state index in [2.05, 4.69) is 16.4 Å². The number of nitrogens with zero attached hydrogens (tertiary/aromatic N) is 4. The predicted octanol–water partition coefficient (Wildman–Crippen LogP) is 2.37. The summed E-state index contributed by atoms with van der Waals surface area (Å²) in [4.78, 5) is 14.3. The Labute approximate surface area is 118 Å². The number of hydrazone groups is 1. The zero-order valence-electron chi connectivity index (χ0n) is 10.8. The molecule has 104 valence electrons. The van der Waals surface area contributed by atoms with Crippen molar-refractivity contribution in [2.75, 3.05) is 0 Å².